The minimum absolute atomic E-state index is 0.00316. The molecule has 0 aliphatic carbocycles. The van der Waals surface area contributed by atoms with Gasteiger partial charge in [-0.1, -0.05) is 42.5 Å². The van der Waals surface area contributed by atoms with Gasteiger partial charge in [0, 0.05) is 11.3 Å². The maximum Gasteiger partial charge on any atom is 0.358 e. The third kappa shape index (κ3) is 3.96. The molecule has 9 nitrogen and oxygen atoms in total. The number of hydrogen-bond acceptors (Lipinski definition) is 7. The van der Waals surface area contributed by atoms with Gasteiger partial charge in [0.25, 0.3) is 5.91 Å². The highest BCUT2D eigenvalue weighted by atomic mass is 16.5. The van der Waals surface area contributed by atoms with Crippen LogP contribution in [0.15, 0.2) is 54.6 Å². The summed E-state index contributed by atoms with van der Waals surface area (Å²) in [6, 6.07) is 14.1. The Morgan fingerprint density at radius 3 is 2.35 bits per heavy atom. The number of anilines is 1. The summed E-state index contributed by atoms with van der Waals surface area (Å²) in [5.41, 5.74) is 1.24. The fourth-order valence-corrected chi connectivity index (χ4v) is 4.04. The van der Waals surface area contributed by atoms with Gasteiger partial charge in [-0.05, 0) is 31.5 Å². The zero-order valence-corrected chi connectivity index (χ0v) is 18.9. The topological polar surface area (TPSA) is 119 Å². The second-order valence-corrected chi connectivity index (χ2v) is 7.72. The number of methoxy groups -OCH3 is 1. The van der Waals surface area contributed by atoms with Crippen LogP contribution in [0.25, 0.3) is 0 Å². The zero-order chi connectivity index (χ0) is 24.4. The van der Waals surface area contributed by atoms with Crippen LogP contribution >= 0.6 is 0 Å². The van der Waals surface area contributed by atoms with E-state index >= 15 is 0 Å². The quantitative estimate of drug-likeness (QED) is 0.249. The number of aromatic amines is 1. The number of aryl methyl sites for hydroxylation is 1. The van der Waals surface area contributed by atoms with Gasteiger partial charge in [0.2, 0.25) is 11.7 Å². The van der Waals surface area contributed by atoms with Crippen LogP contribution in [0.1, 0.15) is 45.1 Å². The Bertz CT molecular complexity index is 1250. The first kappa shape index (κ1) is 22.9. The number of carbonyl (C=O) groups is 4. The maximum absolute atomic E-state index is 13.4. The highest BCUT2D eigenvalue weighted by molar-refractivity contribution is 6.48. The Hall–Kier alpha value is -4.27. The van der Waals surface area contributed by atoms with Crippen molar-refractivity contribution in [3.05, 3.63) is 77.1 Å². The number of imidazole rings is 1. The number of ketones is 2. The molecular formula is C25H23N3O6. The molecule has 174 valence electrons. The molecule has 9 heteroatoms. The van der Waals surface area contributed by atoms with Crippen molar-refractivity contribution >= 4 is 29.4 Å². The van der Waals surface area contributed by atoms with E-state index in [1.54, 1.807) is 68.4 Å². The normalized spacial score (nSPS) is 17.7. The van der Waals surface area contributed by atoms with E-state index < -0.39 is 35.4 Å². The number of H-pyrrole nitrogens is 1. The van der Waals surface area contributed by atoms with Crippen LogP contribution in [0.4, 0.5) is 5.95 Å². The third-order valence-corrected chi connectivity index (χ3v) is 5.67. The fourth-order valence-electron chi connectivity index (χ4n) is 4.04. The zero-order valence-electron chi connectivity index (χ0n) is 18.9. The number of nitrogens with one attached hydrogen (secondary N) is 1. The number of amides is 1. The standard InChI is InChI=1S/C25H23N3O6/c1-4-34-24(32)19-14(2)26-25(27-19)28-20(15-10-12-17(33-3)13-11-15)18(22(30)23(28)31)21(29)16-8-6-5-7-9-16/h5-13,18,20H,4H2,1-3H3,(H,26,27). The molecule has 4 rings (SSSR count). The first-order valence-electron chi connectivity index (χ1n) is 10.7. The molecule has 3 aromatic rings. The lowest BCUT2D eigenvalue weighted by atomic mass is 9.86. The van der Waals surface area contributed by atoms with E-state index in [9.17, 15) is 19.2 Å². The molecule has 0 radical (unpaired) electrons. The number of hydrogen-bond donors (Lipinski definition) is 1. The van der Waals surface area contributed by atoms with Gasteiger partial charge in [0.15, 0.2) is 11.5 Å². The van der Waals surface area contributed by atoms with Crippen LogP contribution in [0.2, 0.25) is 0 Å². The first-order chi connectivity index (χ1) is 16.4. The van der Waals surface area contributed by atoms with Gasteiger partial charge in [0.05, 0.1) is 19.8 Å². The highest BCUT2D eigenvalue weighted by Gasteiger charge is 2.53. The number of benzene rings is 2. The van der Waals surface area contributed by atoms with Crippen molar-refractivity contribution in [1.29, 1.82) is 0 Å². The summed E-state index contributed by atoms with van der Waals surface area (Å²) in [5, 5.41) is 0. The predicted molar refractivity (Wildman–Crippen MR) is 122 cm³/mol. The van der Waals surface area contributed by atoms with E-state index in [0.717, 1.165) is 4.90 Å². The van der Waals surface area contributed by atoms with Gasteiger partial charge in [0.1, 0.15) is 11.7 Å². The van der Waals surface area contributed by atoms with Crippen molar-refractivity contribution in [3.8, 4) is 5.75 Å². The Balaban J connectivity index is 1.83. The number of esters is 1. The van der Waals surface area contributed by atoms with E-state index in [1.807, 2.05) is 0 Å². The Kier molecular flexibility index (Phi) is 6.27. The molecule has 2 unspecified atom stereocenters. The molecule has 2 heterocycles. The number of Topliss-reactive ketones (excluding diaryl/α,β-unsaturated/α-hetero) is 2. The van der Waals surface area contributed by atoms with Gasteiger partial charge in [-0.25, -0.2) is 9.78 Å². The smallest absolute Gasteiger partial charge is 0.358 e. The largest absolute Gasteiger partial charge is 0.497 e. The Morgan fingerprint density at radius 2 is 1.74 bits per heavy atom. The lowest BCUT2D eigenvalue weighted by Crippen LogP contribution is -2.31. The molecule has 1 saturated heterocycles. The van der Waals surface area contributed by atoms with Crippen molar-refractivity contribution in [1.82, 2.24) is 9.97 Å². The van der Waals surface area contributed by atoms with Gasteiger partial charge in [-0.2, -0.15) is 0 Å². The number of carbonyl (C=O) groups excluding carboxylic acids is 4. The summed E-state index contributed by atoms with van der Waals surface area (Å²) in [5.74, 6) is -3.59. The Morgan fingerprint density at radius 1 is 1.06 bits per heavy atom. The third-order valence-electron chi connectivity index (χ3n) is 5.67. The minimum Gasteiger partial charge on any atom is -0.497 e. The van der Waals surface area contributed by atoms with Crippen molar-refractivity contribution in [2.24, 2.45) is 5.92 Å². The molecule has 0 bridgehead atoms. The average molecular weight is 461 g/mol. The molecule has 1 aromatic heterocycles. The molecule has 0 saturated carbocycles. The maximum atomic E-state index is 13.4. The van der Waals surface area contributed by atoms with Crippen LogP contribution < -0.4 is 9.64 Å². The van der Waals surface area contributed by atoms with Crippen LogP contribution in [-0.4, -0.2) is 47.1 Å². The second-order valence-electron chi connectivity index (χ2n) is 7.72. The van der Waals surface area contributed by atoms with Crippen molar-refractivity contribution in [3.63, 3.8) is 0 Å². The molecule has 2 atom stereocenters. The monoisotopic (exact) mass is 461 g/mol. The van der Waals surface area contributed by atoms with E-state index in [-0.39, 0.29) is 18.2 Å². The molecule has 1 N–H and O–H groups in total. The van der Waals surface area contributed by atoms with Crippen molar-refractivity contribution in [2.75, 3.05) is 18.6 Å². The minimum atomic E-state index is -1.29. The summed E-state index contributed by atoms with van der Waals surface area (Å²) in [6.45, 7) is 3.44. The lowest BCUT2D eigenvalue weighted by molar-refractivity contribution is -0.135. The molecule has 1 fully saturated rings. The van der Waals surface area contributed by atoms with Crippen LogP contribution in [0.5, 0.6) is 5.75 Å². The number of ether oxygens (including phenoxy) is 2. The second kappa shape index (κ2) is 9.30. The molecule has 1 amide bonds. The molecule has 34 heavy (non-hydrogen) atoms. The molecule has 1 aliphatic rings. The lowest BCUT2D eigenvalue weighted by Gasteiger charge is -2.25. The molecule has 2 aromatic carbocycles. The van der Waals surface area contributed by atoms with E-state index in [2.05, 4.69) is 9.97 Å². The number of aromatic nitrogens is 2. The average Bonchev–Trinajstić information content (AvgIpc) is 3.36. The SMILES string of the molecule is CCOC(=O)c1nc(N2C(=O)C(=O)C(C(=O)c3ccccc3)C2c2ccc(OC)cc2)[nH]c1C. The summed E-state index contributed by atoms with van der Waals surface area (Å²) in [6.07, 6.45) is 0. The van der Waals surface area contributed by atoms with Crippen LogP contribution in [-0.2, 0) is 14.3 Å². The van der Waals surface area contributed by atoms with Gasteiger partial charge < -0.3 is 14.5 Å². The van der Waals surface area contributed by atoms with Gasteiger partial charge in [-0.15, -0.1) is 0 Å². The summed E-state index contributed by atoms with van der Waals surface area (Å²) >= 11 is 0. The fraction of sp³-hybridized carbons (Fsp3) is 0.240. The van der Waals surface area contributed by atoms with Crippen LogP contribution in [0, 0.1) is 12.8 Å². The van der Waals surface area contributed by atoms with E-state index in [1.165, 1.54) is 7.11 Å². The number of nitrogens with zero attached hydrogens (tertiary/aromatic N) is 2. The van der Waals surface area contributed by atoms with Crippen molar-refractivity contribution in [2.45, 2.75) is 19.9 Å². The van der Waals surface area contributed by atoms with Crippen LogP contribution in [0.3, 0.4) is 0 Å². The van der Waals surface area contributed by atoms with Crippen molar-refractivity contribution < 1.29 is 28.7 Å². The van der Waals surface area contributed by atoms with E-state index in [4.69, 9.17) is 9.47 Å². The summed E-state index contributed by atoms with van der Waals surface area (Å²) < 4.78 is 10.2. The summed E-state index contributed by atoms with van der Waals surface area (Å²) in [7, 11) is 1.52. The Labute approximate surface area is 195 Å². The molecule has 1 aliphatic heterocycles. The highest BCUT2D eigenvalue weighted by Crippen LogP contribution is 2.41. The predicted octanol–water partition coefficient (Wildman–Crippen LogP) is 3.06. The van der Waals surface area contributed by atoms with Gasteiger partial charge in [-0.3, -0.25) is 19.3 Å². The number of rotatable bonds is 7. The molecule has 0 spiro atoms. The molecular weight excluding hydrogens is 438 g/mol. The first-order valence-corrected chi connectivity index (χ1v) is 10.7. The van der Waals surface area contributed by atoms with E-state index in [0.29, 0.717) is 22.6 Å². The summed E-state index contributed by atoms with van der Waals surface area (Å²) in [4.78, 5) is 60.4. The van der Waals surface area contributed by atoms with Gasteiger partial charge >= 0.3 is 5.97 Å².